The summed E-state index contributed by atoms with van der Waals surface area (Å²) in [5.74, 6) is -1.95. The Labute approximate surface area is 165 Å². The van der Waals surface area contributed by atoms with Crippen LogP contribution in [0.5, 0.6) is 0 Å². The third kappa shape index (κ3) is 3.89. The van der Waals surface area contributed by atoms with Gasteiger partial charge in [-0.2, -0.15) is 0 Å². The molecule has 6 atom stereocenters. The van der Waals surface area contributed by atoms with Crippen molar-refractivity contribution in [2.75, 3.05) is 6.61 Å². The lowest BCUT2D eigenvalue weighted by molar-refractivity contribution is -0.408. The van der Waals surface area contributed by atoms with Crippen molar-refractivity contribution >= 4 is 17.8 Å². The number of fused-ring (bicyclic) bond motifs is 2. The fourth-order valence-electron chi connectivity index (χ4n) is 5.47. The summed E-state index contributed by atoms with van der Waals surface area (Å²) in [6.07, 6.45) is 3.46. The van der Waals surface area contributed by atoms with Crippen LogP contribution in [0.1, 0.15) is 59.3 Å². The van der Waals surface area contributed by atoms with Crippen molar-refractivity contribution in [1.82, 2.24) is 5.32 Å². The number of carboxylic acids is 1. The largest absolute Gasteiger partial charge is 0.550 e. The zero-order valence-electron chi connectivity index (χ0n) is 17.0. The van der Waals surface area contributed by atoms with Crippen LogP contribution in [-0.2, 0) is 23.9 Å². The van der Waals surface area contributed by atoms with Gasteiger partial charge >= 0.3 is 5.97 Å². The Kier molecular flexibility index (Phi) is 5.74. The molecule has 1 heterocycles. The minimum atomic E-state index is -1.36. The summed E-state index contributed by atoms with van der Waals surface area (Å²) < 4.78 is 11.7. The second-order valence-corrected chi connectivity index (χ2v) is 9.54. The van der Waals surface area contributed by atoms with Gasteiger partial charge in [0.15, 0.2) is 12.1 Å². The molecule has 3 fully saturated rings. The number of carboxylic acid groups (broad SMARTS) is 1. The van der Waals surface area contributed by atoms with E-state index in [9.17, 15) is 19.5 Å². The molecule has 1 saturated heterocycles. The molecular weight excluding hydrogens is 364 g/mol. The highest BCUT2D eigenvalue weighted by molar-refractivity contribution is 5.89. The van der Waals surface area contributed by atoms with E-state index in [0.717, 1.165) is 25.7 Å². The summed E-state index contributed by atoms with van der Waals surface area (Å²) in [7, 11) is 0. The van der Waals surface area contributed by atoms with Crippen LogP contribution < -0.4 is 16.2 Å². The first-order valence-corrected chi connectivity index (χ1v) is 10.2. The molecule has 2 unspecified atom stereocenters. The summed E-state index contributed by atoms with van der Waals surface area (Å²) in [6.45, 7) is 6.98. The first kappa shape index (κ1) is 21.0. The topological polar surface area (TPSA) is 132 Å². The lowest BCUT2D eigenvalue weighted by atomic mass is 9.70. The first-order chi connectivity index (χ1) is 13.0. The van der Waals surface area contributed by atoms with Crippen molar-refractivity contribution in [3.63, 3.8) is 0 Å². The highest BCUT2D eigenvalue weighted by Gasteiger charge is 2.61. The molecule has 2 saturated carbocycles. The second-order valence-electron chi connectivity index (χ2n) is 9.54. The second kappa shape index (κ2) is 7.63. The van der Waals surface area contributed by atoms with Crippen LogP contribution in [0, 0.1) is 16.7 Å². The Bertz CT molecular complexity index is 640. The Balaban J connectivity index is 1.72. The van der Waals surface area contributed by atoms with Crippen molar-refractivity contribution < 1.29 is 34.7 Å². The number of rotatable bonds is 7. The van der Waals surface area contributed by atoms with Crippen LogP contribution in [0.15, 0.2) is 0 Å². The van der Waals surface area contributed by atoms with Gasteiger partial charge in [0.05, 0.1) is 6.10 Å². The highest BCUT2D eigenvalue weighted by Crippen LogP contribution is 2.63. The average Bonchev–Trinajstić information content (AvgIpc) is 3.29. The Hall–Kier alpha value is -1.67. The minimum absolute atomic E-state index is 0.0429. The molecule has 8 nitrogen and oxygen atoms in total. The van der Waals surface area contributed by atoms with E-state index in [4.69, 9.17) is 9.47 Å². The van der Waals surface area contributed by atoms with Gasteiger partial charge in [0.1, 0.15) is 6.10 Å². The predicted octanol–water partition coefficient (Wildman–Crippen LogP) is -0.841. The van der Waals surface area contributed by atoms with E-state index in [1.54, 1.807) is 0 Å². The number of hydrogen-bond acceptors (Lipinski definition) is 6. The van der Waals surface area contributed by atoms with E-state index < -0.39 is 42.5 Å². The third-order valence-electron chi connectivity index (χ3n) is 7.04. The Morgan fingerprint density at radius 2 is 2.00 bits per heavy atom. The molecule has 3 aliphatic rings. The molecule has 1 aliphatic heterocycles. The molecule has 4 N–H and O–H groups in total. The summed E-state index contributed by atoms with van der Waals surface area (Å²) in [5, 5.41) is 13.4. The molecule has 2 aliphatic carbocycles. The van der Waals surface area contributed by atoms with Crippen LogP contribution >= 0.6 is 0 Å². The van der Waals surface area contributed by atoms with Gasteiger partial charge in [-0.15, -0.1) is 0 Å². The molecule has 2 bridgehead atoms. The summed E-state index contributed by atoms with van der Waals surface area (Å²) in [6, 6.07) is -2.00. The maximum Gasteiger partial charge on any atom is 0.331 e. The van der Waals surface area contributed by atoms with Crippen LogP contribution in [0.3, 0.4) is 0 Å². The number of ether oxygens (including phenoxy) is 2. The molecule has 0 radical (unpaired) electrons. The number of amides is 1. The fraction of sp³-hybridized carbons (Fsp3) is 0.850. The molecule has 0 spiro atoms. The standard InChI is InChI=1S/C20H32N2O6/c1-19(2)11-6-7-20(3,10-11)18(19)28-17(26)15(13-5-4-8-27-13)22-16(25)12(21)9-14(23)24/h11-13,15,18H,4-10,21H2,1-3H3,(H,22,25)(H,23,24)/t11-,12+,13?,15?,18-,20+/m1/s1. The molecule has 1 amide bonds. The maximum atomic E-state index is 13.1. The van der Waals surface area contributed by atoms with Gasteiger partial charge < -0.3 is 30.4 Å². The first-order valence-electron chi connectivity index (χ1n) is 10.2. The van der Waals surface area contributed by atoms with Gasteiger partial charge in [-0.3, -0.25) is 4.79 Å². The van der Waals surface area contributed by atoms with Gasteiger partial charge in [-0.25, -0.2) is 4.79 Å². The zero-order chi connectivity index (χ0) is 20.7. The Morgan fingerprint density at radius 3 is 2.54 bits per heavy atom. The molecule has 28 heavy (non-hydrogen) atoms. The van der Waals surface area contributed by atoms with Crippen molar-refractivity contribution in [1.29, 1.82) is 0 Å². The SMILES string of the molecule is CC1(C)[C@@H]2CC[C@@](C)(C2)[C@@H]1OC(=O)C(NC(=O)[C@@H]([NH3+])CC(=O)[O-])C1CCCO1. The smallest absolute Gasteiger partial charge is 0.331 e. The van der Waals surface area contributed by atoms with Crippen LogP contribution in [-0.4, -0.2) is 48.7 Å². The van der Waals surface area contributed by atoms with E-state index in [0.29, 0.717) is 18.9 Å². The molecular formula is C20H32N2O6. The van der Waals surface area contributed by atoms with E-state index in [1.807, 2.05) is 0 Å². The number of hydrogen-bond donors (Lipinski definition) is 2. The normalized spacial score (nSPS) is 35.4. The molecule has 0 aromatic carbocycles. The number of nitrogens with one attached hydrogen (secondary N) is 1. The number of carbonyl (C=O) groups excluding carboxylic acids is 3. The molecule has 0 aromatic heterocycles. The molecule has 0 aromatic rings. The van der Waals surface area contributed by atoms with Gasteiger partial charge in [0.25, 0.3) is 5.91 Å². The zero-order valence-corrected chi connectivity index (χ0v) is 17.0. The minimum Gasteiger partial charge on any atom is -0.550 e. The van der Waals surface area contributed by atoms with E-state index in [1.165, 1.54) is 0 Å². The lowest BCUT2D eigenvalue weighted by Gasteiger charge is -2.42. The fourth-order valence-corrected chi connectivity index (χ4v) is 5.47. The summed E-state index contributed by atoms with van der Waals surface area (Å²) in [4.78, 5) is 36.2. The summed E-state index contributed by atoms with van der Waals surface area (Å²) >= 11 is 0. The summed E-state index contributed by atoms with van der Waals surface area (Å²) in [5.41, 5.74) is 3.40. The number of esters is 1. The highest BCUT2D eigenvalue weighted by atomic mass is 16.6. The molecule has 3 rings (SSSR count). The van der Waals surface area contributed by atoms with Crippen molar-refractivity contribution in [2.24, 2.45) is 16.7 Å². The van der Waals surface area contributed by atoms with E-state index in [2.05, 4.69) is 31.8 Å². The van der Waals surface area contributed by atoms with Crippen LogP contribution in [0.25, 0.3) is 0 Å². The van der Waals surface area contributed by atoms with Crippen LogP contribution in [0.4, 0.5) is 0 Å². The predicted molar refractivity (Wildman–Crippen MR) is 96.3 cm³/mol. The maximum absolute atomic E-state index is 13.1. The van der Waals surface area contributed by atoms with Crippen molar-refractivity contribution in [3.8, 4) is 0 Å². The van der Waals surface area contributed by atoms with E-state index >= 15 is 0 Å². The van der Waals surface area contributed by atoms with E-state index in [-0.39, 0.29) is 16.9 Å². The molecule has 8 heteroatoms. The molecule has 158 valence electrons. The third-order valence-corrected chi connectivity index (χ3v) is 7.04. The monoisotopic (exact) mass is 396 g/mol. The number of aliphatic carboxylic acids is 1. The van der Waals surface area contributed by atoms with Gasteiger partial charge in [-0.1, -0.05) is 20.8 Å². The lowest BCUT2D eigenvalue weighted by Crippen LogP contribution is -2.70. The van der Waals surface area contributed by atoms with Crippen LogP contribution in [0.2, 0.25) is 0 Å². The van der Waals surface area contributed by atoms with Crippen molar-refractivity contribution in [3.05, 3.63) is 0 Å². The van der Waals surface area contributed by atoms with Gasteiger partial charge in [0.2, 0.25) is 0 Å². The quantitative estimate of drug-likeness (QED) is 0.539. The van der Waals surface area contributed by atoms with Crippen molar-refractivity contribution in [2.45, 2.75) is 83.6 Å². The van der Waals surface area contributed by atoms with Gasteiger partial charge in [-0.05, 0) is 38.0 Å². The number of carbonyl (C=O) groups is 3. The van der Waals surface area contributed by atoms with Gasteiger partial charge in [0, 0.05) is 29.8 Å². The number of quaternary nitrogens is 1. The Morgan fingerprint density at radius 1 is 1.29 bits per heavy atom. The average molecular weight is 396 g/mol.